The largest absolute Gasteiger partial charge is 0.451 e. The monoisotopic (exact) mass is 289 g/mol. The van der Waals surface area contributed by atoms with Crippen LogP contribution in [0, 0.1) is 0 Å². The molecule has 20 heavy (non-hydrogen) atoms. The molecule has 9 heteroatoms. The second-order valence-corrected chi connectivity index (χ2v) is 4.41. The molecule has 0 aromatic carbocycles. The summed E-state index contributed by atoms with van der Waals surface area (Å²) in [6, 6.07) is 1.51. The van der Waals surface area contributed by atoms with Gasteiger partial charge in [-0.2, -0.15) is 13.2 Å². The number of nitrogens with one attached hydrogen (secondary N) is 3. The van der Waals surface area contributed by atoms with E-state index >= 15 is 0 Å². The van der Waals surface area contributed by atoms with Gasteiger partial charge in [-0.15, -0.1) is 0 Å². The van der Waals surface area contributed by atoms with E-state index in [1.54, 1.807) is 0 Å². The number of hydrogen-bond acceptors (Lipinski definition) is 5. The van der Waals surface area contributed by atoms with Crippen LogP contribution in [0.4, 0.5) is 24.8 Å². The van der Waals surface area contributed by atoms with Gasteiger partial charge in [0.1, 0.15) is 11.6 Å². The molecule has 110 valence electrons. The first kappa shape index (κ1) is 14.4. The first-order chi connectivity index (χ1) is 9.38. The van der Waals surface area contributed by atoms with Gasteiger partial charge in [-0.1, -0.05) is 0 Å². The summed E-state index contributed by atoms with van der Waals surface area (Å²) in [5.74, 6) is -1.56. The summed E-state index contributed by atoms with van der Waals surface area (Å²) in [5, 5.41) is 7.79. The summed E-state index contributed by atoms with van der Waals surface area (Å²) in [6.07, 6.45) is -2.75. The number of carbonyl (C=O) groups excluding carboxylic acids is 1. The van der Waals surface area contributed by atoms with Gasteiger partial charge in [-0.25, -0.2) is 9.97 Å². The summed E-state index contributed by atoms with van der Waals surface area (Å²) >= 11 is 0. The Kier molecular flexibility index (Phi) is 3.96. The molecule has 1 aromatic rings. The van der Waals surface area contributed by atoms with Gasteiger partial charge in [0.05, 0.1) is 6.54 Å². The van der Waals surface area contributed by atoms with Crippen LogP contribution in [-0.2, 0) is 11.0 Å². The molecule has 2 rings (SSSR count). The van der Waals surface area contributed by atoms with Gasteiger partial charge in [0, 0.05) is 19.2 Å². The fraction of sp³-hybridized carbons (Fsp3) is 0.545. The molecule has 0 bridgehead atoms. The quantitative estimate of drug-likeness (QED) is 0.760. The summed E-state index contributed by atoms with van der Waals surface area (Å²) in [7, 11) is 1.45. The van der Waals surface area contributed by atoms with E-state index in [0.29, 0.717) is 0 Å². The lowest BCUT2D eigenvalue weighted by Crippen LogP contribution is -2.31. The zero-order valence-electron chi connectivity index (χ0n) is 10.7. The number of alkyl halides is 3. The van der Waals surface area contributed by atoms with Crippen LogP contribution in [0.25, 0.3) is 0 Å². The maximum absolute atomic E-state index is 12.6. The van der Waals surface area contributed by atoms with Crippen LogP contribution < -0.4 is 16.0 Å². The normalized spacial score (nSPS) is 14.8. The van der Waals surface area contributed by atoms with E-state index < -0.39 is 12.0 Å². The average Bonchev–Trinajstić information content (AvgIpc) is 3.19. The molecule has 6 nitrogen and oxygen atoms in total. The first-order valence-electron chi connectivity index (χ1n) is 6.06. The molecular weight excluding hydrogens is 275 g/mol. The van der Waals surface area contributed by atoms with E-state index in [1.807, 2.05) is 0 Å². The van der Waals surface area contributed by atoms with E-state index in [9.17, 15) is 18.0 Å². The Bertz CT molecular complexity index is 501. The molecule has 0 radical (unpaired) electrons. The van der Waals surface area contributed by atoms with Gasteiger partial charge < -0.3 is 16.0 Å². The van der Waals surface area contributed by atoms with Crippen molar-refractivity contribution in [1.29, 1.82) is 0 Å². The third-order valence-corrected chi connectivity index (χ3v) is 2.61. The van der Waals surface area contributed by atoms with Crippen molar-refractivity contribution in [3.05, 3.63) is 11.9 Å². The molecule has 0 spiro atoms. The molecule has 0 aliphatic heterocycles. The van der Waals surface area contributed by atoms with E-state index in [2.05, 4.69) is 25.9 Å². The Morgan fingerprint density at radius 1 is 1.35 bits per heavy atom. The summed E-state index contributed by atoms with van der Waals surface area (Å²) in [6.45, 7) is -0.131. The molecule has 1 aromatic heterocycles. The third-order valence-electron chi connectivity index (χ3n) is 2.61. The Morgan fingerprint density at radius 2 is 2.00 bits per heavy atom. The number of anilines is 2. The lowest BCUT2D eigenvalue weighted by Gasteiger charge is -2.11. The fourth-order valence-electron chi connectivity index (χ4n) is 1.47. The van der Waals surface area contributed by atoms with Crippen LogP contribution >= 0.6 is 0 Å². The smallest absolute Gasteiger partial charge is 0.373 e. The van der Waals surface area contributed by atoms with Crippen molar-refractivity contribution in [2.75, 3.05) is 24.2 Å². The minimum absolute atomic E-state index is 0.0254. The van der Waals surface area contributed by atoms with Crippen LogP contribution in [-0.4, -0.2) is 35.5 Å². The fourth-order valence-corrected chi connectivity index (χ4v) is 1.47. The highest BCUT2D eigenvalue weighted by atomic mass is 19.4. The van der Waals surface area contributed by atoms with Crippen molar-refractivity contribution < 1.29 is 18.0 Å². The van der Waals surface area contributed by atoms with E-state index in [1.165, 1.54) is 13.1 Å². The molecule has 1 aliphatic rings. The van der Waals surface area contributed by atoms with Gasteiger partial charge in [0.15, 0.2) is 0 Å². The lowest BCUT2D eigenvalue weighted by molar-refractivity contribution is -0.144. The molecule has 1 saturated carbocycles. The second kappa shape index (κ2) is 5.51. The van der Waals surface area contributed by atoms with Crippen molar-refractivity contribution in [2.45, 2.75) is 25.1 Å². The Balaban J connectivity index is 2.03. The number of halogens is 3. The second-order valence-electron chi connectivity index (χ2n) is 4.41. The minimum atomic E-state index is -4.64. The van der Waals surface area contributed by atoms with E-state index in [4.69, 9.17) is 0 Å². The molecule has 1 amide bonds. The zero-order chi connectivity index (χ0) is 14.8. The number of aromatic nitrogens is 2. The minimum Gasteiger partial charge on any atom is -0.373 e. The average molecular weight is 289 g/mol. The first-order valence-corrected chi connectivity index (χ1v) is 6.06. The maximum Gasteiger partial charge on any atom is 0.451 e. The van der Waals surface area contributed by atoms with Gasteiger partial charge in [0.25, 0.3) is 0 Å². The van der Waals surface area contributed by atoms with E-state index in [0.717, 1.165) is 12.8 Å². The highest BCUT2D eigenvalue weighted by Crippen LogP contribution is 2.28. The predicted octanol–water partition coefficient (Wildman–Crippen LogP) is 1.23. The van der Waals surface area contributed by atoms with Crippen LogP contribution in [0.15, 0.2) is 6.07 Å². The van der Waals surface area contributed by atoms with Crippen molar-refractivity contribution >= 4 is 17.5 Å². The summed E-state index contributed by atoms with van der Waals surface area (Å²) < 4.78 is 37.8. The summed E-state index contributed by atoms with van der Waals surface area (Å²) in [5.41, 5.74) is 0. The van der Waals surface area contributed by atoms with Gasteiger partial charge in [0.2, 0.25) is 11.7 Å². The number of nitrogens with zero attached hydrogens (tertiary/aromatic N) is 2. The van der Waals surface area contributed by atoms with Gasteiger partial charge in [-0.3, -0.25) is 4.79 Å². The molecule has 1 heterocycles. The Labute approximate surface area is 113 Å². The number of rotatable bonds is 5. The molecule has 1 aliphatic carbocycles. The van der Waals surface area contributed by atoms with Gasteiger partial charge in [-0.05, 0) is 12.8 Å². The highest BCUT2D eigenvalue weighted by molar-refractivity contribution is 5.81. The van der Waals surface area contributed by atoms with Crippen molar-refractivity contribution in [2.24, 2.45) is 0 Å². The molecule has 1 fully saturated rings. The number of hydrogen-bond donors (Lipinski definition) is 3. The highest BCUT2D eigenvalue weighted by Gasteiger charge is 2.35. The van der Waals surface area contributed by atoms with Crippen LogP contribution in [0.5, 0.6) is 0 Å². The topological polar surface area (TPSA) is 78.9 Å². The van der Waals surface area contributed by atoms with Crippen LogP contribution in [0.1, 0.15) is 18.7 Å². The standard InChI is InChI=1S/C11H14F3N5O/c1-15-7-4-8(19-10(18-7)11(12,13)14)16-5-9(20)17-6-2-3-6/h4,6H,2-3,5H2,1H3,(H,17,20)(H2,15,16,18,19). The number of amides is 1. The lowest BCUT2D eigenvalue weighted by atomic mass is 10.4. The summed E-state index contributed by atoms with van der Waals surface area (Å²) in [4.78, 5) is 18.1. The SMILES string of the molecule is CNc1cc(NCC(=O)NC2CC2)nc(C(F)(F)F)n1. The molecule has 3 N–H and O–H groups in total. The van der Waals surface area contributed by atoms with Crippen molar-refractivity contribution in [3.63, 3.8) is 0 Å². The van der Waals surface area contributed by atoms with Crippen LogP contribution in [0.3, 0.4) is 0 Å². The molecule has 0 unspecified atom stereocenters. The van der Waals surface area contributed by atoms with Crippen LogP contribution in [0.2, 0.25) is 0 Å². The Morgan fingerprint density at radius 3 is 2.55 bits per heavy atom. The molecule has 0 atom stereocenters. The zero-order valence-corrected chi connectivity index (χ0v) is 10.7. The van der Waals surface area contributed by atoms with E-state index in [-0.39, 0.29) is 30.1 Å². The molecular formula is C11H14F3N5O. The molecule has 0 saturated heterocycles. The van der Waals surface area contributed by atoms with Crippen molar-refractivity contribution in [3.8, 4) is 0 Å². The Hall–Kier alpha value is -2.06. The third kappa shape index (κ3) is 3.97. The maximum atomic E-state index is 12.6. The predicted molar refractivity (Wildman–Crippen MR) is 66.2 cm³/mol. The van der Waals surface area contributed by atoms with Gasteiger partial charge >= 0.3 is 6.18 Å². The number of carbonyl (C=O) groups is 1. The van der Waals surface area contributed by atoms with Crippen molar-refractivity contribution in [1.82, 2.24) is 15.3 Å².